The minimum absolute atomic E-state index is 0.0303. The molecule has 0 saturated carbocycles. The number of aliphatic hydroxyl groups excluding tert-OH is 1. The van der Waals surface area contributed by atoms with Gasteiger partial charge < -0.3 is 42.7 Å². The van der Waals surface area contributed by atoms with Gasteiger partial charge in [-0.15, -0.1) is 0 Å². The zero-order valence-electron chi connectivity index (χ0n) is 17.6. The molecule has 0 radical (unpaired) electrons. The maximum Gasteiger partial charge on any atom is 0.326 e. The number of nitrogens with one attached hydrogen (secondary N) is 3. The second kappa shape index (κ2) is 14.2. The molecule has 0 saturated heterocycles. The fraction of sp³-hybridized carbons (Fsp3) is 0.647. The smallest absolute Gasteiger partial charge is 0.326 e. The number of carboxylic acid groups (broad SMARTS) is 2. The van der Waals surface area contributed by atoms with Crippen LogP contribution in [0.4, 0.5) is 0 Å². The lowest BCUT2D eigenvalue weighted by molar-refractivity contribution is -0.147. The Balaban J connectivity index is 5.51. The van der Waals surface area contributed by atoms with Gasteiger partial charge in [0.2, 0.25) is 23.6 Å². The third-order valence-corrected chi connectivity index (χ3v) is 4.74. The maximum absolute atomic E-state index is 12.6. The number of primary amides is 1. The van der Waals surface area contributed by atoms with E-state index in [4.69, 9.17) is 21.7 Å². The first-order chi connectivity index (χ1) is 14.8. The van der Waals surface area contributed by atoms with Gasteiger partial charge in [0.15, 0.2) is 0 Å². The number of aliphatic carboxylic acids is 2. The first kappa shape index (κ1) is 29.1. The molecule has 0 heterocycles. The van der Waals surface area contributed by atoms with Gasteiger partial charge in [0, 0.05) is 0 Å². The van der Waals surface area contributed by atoms with Crippen molar-refractivity contribution >= 4 is 47.3 Å². The molecule has 0 rings (SSSR count). The fourth-order valence-corrected chi connectivity index (χ4v) is 2.79. The first-order valence-corrected chi connectivity index (χ1v) is 10.8. The molecule has 5 atom stereocenters. The summed E-state index contributed by atoms with van der Waals surface area (Å²) in [6.07, 6.45) is -1.04. The molecule has 10 N–H and O–H groups in total. The van der Waals surface area contributed by atoms with Crippen molar-refractivity contribution in [3.05, 3.63) is 0 Å². The number of hydrogen-bond acceptors (Lipinski definition) is 9. The lowest BCUT2D eigenvalue weighted by Gasteiger charge is -2.25. The van der Waals surface area contributed by atoms with Crippen LogP contribution in [0.2, 0.25) is 0 Å². The quantitative estimate of drug-likeness (QED) is 0.114. The van der Waals surface area contributed by atoms with Crippen LogP contribution in [0.1, 0.15) is 26.2 Å². The summed E-state index contributed by atoms with van der Waals surface area (Å²) in [6.45, 7) is 1.24. The van der Waals surface area contributed by atoms with Crippen molar-refractivity contribution in [2.24, 2.45) is 11.5 Å². The molecule has 0 aromatic rings. The highest BCUT2D eigenvalue weighted by atomic mass is 32.2. The minimum Gasteiger partial charge on any atom is -0.481 e. The summed E-state index contributed by atoms with van der Waals surface area (Å²) in [4.78, 5) is 70.6. The van der Waals surface area contributed by atoms with E-state index < -0.39 is 78.7 Å². The topological polar surface area (TPSA) is 251 Å². The van der Waals surface area contributed by atoms with E-state index in [1.54, 1.807) is 6.26 Å². The summed E-state index contributed by atoms with van der Waals surface area (Å²) in [6, 6.07) is -5.97. The Morgan fingerprint density at radius 3 is 1.81 bits per heavy atom. The van der Waals surface area contributed by atoms with Crippen molar-refractivity contribution in [1.29, 1.82) is 0 Å². The van der Waals surface area contributed by atoms with E-state index in [9.17, 15) is 33.9 Å². The predicted molar refractivity (Wildman–Crippen MR) is 112 cm³/mol. The number of carbonyl (C=O) groups is 6. The fourth-order valence-electron chi connectivity index (χ4n) is 2.32. The van der Waals surface area contributed by atoms with Gasteiger partial charge in [0.25, 0.3) is 0 Å². The largest absolute Gasteiger partial charge is 0.481 e. The Hall–Kier alpha value is -2.91. The third kappa shape index (κ3) is 10.9. The molecule has 0 aliphatic rings. The van der Waals surface area contributed by atoms with Crippen molar-refractivity contribution < 1.29 is 44.1 Å². The predicted octanol–water partition coefficient (Wildman–Crippen LogP) is -3.66. The monoisotopic (exact) mass is 479 g/mol. The van der Waals surface area contributed by atoms with E-state index in [0.29, 0.717) is 5.75 Å². The van der Waals surface area contributed by atoms with Gasteiger partial charge >= 0.3 is 11.9 Å². The van der Waals surface area contributed by atoms with Crippen LogP contribution in [-0.2, 0) is 28.8 Å². The second-order valence-corrected chi connectivity index (χ2v) is 7.82. The number of carboxylic acids is 2. The minimum atomic E-state index is -1.74. The van der Waals surface area contributed by atoms with Gasteiger partial charge in [-0.25, -0.2) is 4.79 Å². The summed E-state index contributed by atoms with van der Waals surface area (Å²) in [5.74, 6) is -6.53. The van der Waals surface area contributed by atoms with Crippen LogP contribution in [0.25, 0.3) is 0 Å². The molecule has 0 fully saturated rings. The number of rotatable bonds is 15. The molecule has 182 valence electrons. The van der Waals surface area contributed by atoms with E-state index in [0.717, 1.165) is 0 Å². The molecule has 5 unspecified atom stereocenters. The van der Waals surface area contributed by atoms with Gasteiger partial charge in [-0.3, -0.25) is 24.0 Å². The molecular formula is C17H29N5O9S. The van der Waals surface area contributed by atoms with Crippen LogP contribution in [-0.4, -0.2) is 93.2 Å². The highest BCUT2D eigenvalue weighted by Gasteiger charge is 2.32. The van der Waals surface area contributed by atoms with Crippen LogP contribution in [0.5, 0.6) is 0 Å². The standard InChI is InChI=1S/C17H29N5O9S/c1-7(23)13(19)16(29)21-9(5-11(18)24)15(28)20-8(3-4-32-2)14(27)22-10(17(30)31)6-12(25)26/h7-10,13,23H,3-6,19H2,1-2H3,(H2,18,24)(H,20,28)(H,21,29)(H,22,27)(H,25,26)(H,30,31). The molecule has 0 aliphatic heterocycles. The lowest BCUT2D eigenvalue weighted by Crippen LogP contribution is -2.58. The summed E-state index contributed by atoms with van der Waals surface area (Å²) in [5.41, 5.74) is 10.6. The van der Waals surface area contributed by atoms with Crippen molar-refractivity contribution in [3.63, 3.8) is 0 Å². The average molecular weight is 480 g/mol. The van der Waals surface area contributed by atoms with E-state index in [2.05, 4.69) is 10.6 Å². The Morgan fingerprint density at radius 1 is 0.875 bits per heavy atom. The summed E-state index contributed by atoms with van der Waals surface area (Å²) in [5, 5.41) is 33.8. The van der Waals surface area contributed by atoms with E-state index in [1.165, 1.54) is 18.7 Å². The highest BCUT2D eigenvalue weighted by Crippen LogP contribution is 2.05. The molecule has 14 nitrogen and oxygen atoms in total. The summed E-state index contributed by atoms with van der Waals surface area (Å²) < 4.78 is 0. The van der Waals surface area contributed by atoms with Crippen LogP contribution >= 0.6 is 11.8 Å². The molecule has 32 heavy (non-hydrogen) atoms. The second-order valence-electron chi connectivity index (χ2n) is 6.84. The third-order valence-electron chi connectivity index (χ3n) is 4.10. The van der Waals surface area contributed by atoms with E-state index >= 15 is 0 Å². The van der Waals surface area contributed by atoms with Crippen molar-refractivity contribution in [3.8, 4) is 0 Å². The van der Waals surface area contributed by atoms with Crippen molar-refractivity contribution in [2.45, 2.75) is 56.5 Å². The molecular weight excluding hydrogens is 450 g/mol. The molecule has 0 bridgehead atoms. The van der Waals surface area contributed by atoms with Crippen LogP contribution in [0, 0.1) is 0 Å². The van der Waals surface area contributed by atoms with Crippen molar-refractivity contribution in [1.82, 2.24) is 16.0 Å². The summed E-state index contributed by atoms with van der Waals surface area (Å²) >= 11 is 1.32. The van der Waals surface area contributed by atoms with Crippen LogP contribution in [0.15, 0.2) is 0 Å². The van der Waals surface area contributed by atoms with Gasteiger partial charge in [-0.2, -0.15) is 11.8 Å². The average Bonchev–Trinajstić information content (AvgIpc) is 2.68. The number of thioether (sulfide) groups is 1. The van der Waals surface area contributed by atoms with E-state index in [-0.39, 0.29) is 6.42 Å². The van der Waals surface area contributed by atoms with Gasteiger partial charge in [0.05, 0.1) is 18.9 Å². The lowest BCUT2D eigenvalue weighted by atomic mass is 10.1. The molecule has 0 aromatic heterocycles. The number of aliphatic hydroxyl groups is 1. The molecule has 4 amide bonds. The zero-order valence-corrected chi connectivity index (χ0v) is 18.4. The van der Waals surface area contributed by atoms with E-state index in [1.807, 2.05) is 5.32 Å². The van der Waals surface area contributed by atoms with Gasteiger partial charge in [-0.1, -0.05) is 0 Å². The first-order valence-electron chi connectivity index (χ1n) is 9.36. The van der Waals surface area contributed by atoms with Crippen molar-refractivity contribution in [2.75, 3.05) is 12.0 Å². The molecule has 15 heteroatoms. The number of nitrogens with two attached hydrogens (primary N) is 2. The maximum atomic E-state index is 12.6. The highest BCUT2D eigenvalue weighted by molar-refractivity contribution is 7.98. The zero-order chi connectivity index (χ0) is 25.0. The van der Waals surface area contributed by atoms with Crippen LogP contribution in [0.3, 0.4) is 0 Å². The molecule has 0 spiro atoms. The molecule has 0 aliphatic carbocycles. The number of hydrogen-bond donors (Lipinski definition) is 8. The normalized spacial score (nSPS) is 15.4. The number of carbonyl (C=O) groups excluding carboxylic acids is 4. The van der Waals surface area contributed by atoms with Gasteiger partial charge in [0.1, 0.15) is 24.2 Å². The Morgan fingerprint density at radius 2 is 1.38 bits per heavy atom. The number of amides is 4. The molecule has 0 aromatic carbocycles. The Kier molecular flexibility index (Phi) is 12.9. The van der Waals surface area contributed by atoms with Crippen LogP contribution < -0.4 is 27.4 Å². The van der Waals surface area contributed by atoms with Gasteiger partial charge in [-0.05, 0) is 25.4 Å². The Bertz CT molecular complexity index is 719. The Labute approximate surface area is 187 Å². The SMILES string of the molecule is CSCCC(NC(=O)C(CC(N)=O)NC(=O)C(N)C(C)O)C(=O)NC(CC(=O)O)C(=O)O. The summed E-state index contributed by atoms with van der Waals surface area (Å²) in [7, 11) is 0.